The Bertz CT molecular complexity index is 1550. The molecule has 5 rings (SSSR count). The third-order valence-electron chi connectivity index (χ3n) is 6.28. The van der Waals surface area contributed by atoms with Crippen LogP contribution in [0.2, 0.25) is 5.02 Å². The summed E-state index contributed by atoms with van der Waals surface area (Å²) in [5.41, 5.74) is 8.48. The van der Waals surface area contributed by atoms with Gasteiger partial charge < -0.3 is 15.6 Å². The van der Waals surface area contributed by atoms with E-state index in [0.717, 1.165) is 10.9 Å². The summed E-state index contributed by atoms with van der Waals surface area (Å²) in [5.74, 6) is 0.134. The lowest BCUT2D eigenvalue weighted by Gasteiger charge is -2.42. The maximum absolute atomic E-state index is 13.4. The summed E-state index contributed by atoms with van der Waals surface area (Å²) in [6, 6.07) is 10.2. The average Bonchev–Trinajstić information content (AvgIpc) is 3.24. The van der Waals surface area contributed by atoms with Crippen LogP contribution in [-0.2, 0) is 21.4 Å². The van der Waals surface area contributed by atoms with Crippen molar-refractivity contribution < 1.29 is 13.2 Å². The zero-order valence-electron chi connectivity index (χ0n) is 19.1. The second-order valence-electron chi connectivity index (χ2n) is 8.94. The minimum Gasteiger partial charge on any atom is -0.383 e. The second kappa shape index (κ2) is 8.74. The molecule has 12 heteroatoms. The van der Waals surface area contributed by atoms with Gasteiger partial charge in [-0.15, -0.1) is 0 Å². The number of hydrogen-bond donors (Lipinski definition) is 2. The number of carbonyl (C=O) groups excluding carboxylic acids is 1. The number of nitrogen functional groups attached to an aromatic ring is 1. The van der Waals surface area contributed by atoms with Crippen molar-refractivity contribution in [3.05, 3.63) is 53.3 Å². The highest BCUT2D eigenvalue weighted by Crippen LogP contribution is 2.27. The van der Waals surface area contributed by atoms with Crippen molar-refractivity contribution in [1.29, 1.82) is 0 Å². The second-order valence-corrected chi connectivity index (χ2v) is 11.2. The van der Waals surface area contributed by atoms with Crippen LogP contribution in [0.15, 0.2) is 47.9 Å². The maximum Gasteiger partial charge on any atom is 0.277 e. The summed E-state index contributed by atoms with van der Waals surface area (Å²) in [4.78, 5) is 30.3. The Kier molecular flexibility index (Phi) is 5.86. The van der Waals surface area contributed by atoms with Crippen molar-refractivity contribution in [2.75, 3.05) is 18.8 Å². The molecule has 0 radical (unpaired) electrons. The topological polar surface area (TPSA) is 138 Å². The van der Waals surface area contributed by atoms with Crippen LogP contribution in [0.25, 0.3) is 21.9 Å². The Hall–Kier alpha value is -3.28. The number of benzene rings is 2. The fraction of sp³-hybridized carbons (Fsp3) is 0.304. The van der Waals surface area contributed by atoms with Crippen molar-refractivity contribution in [2.45, 2.75) is 31.6 Å². The Morgan fingerprint density at radius 2 is 1.97 bits per heavy atom. The summed E-state index contributed by atoms with van der Waals surface area (Å²) in [7, 11) is -4.02. The van der Waals surface area contributed by atoms with Crippen molar-refractivity contribution in [3.63, 3.8) is 0 Å². The average molecular weight is 514 g/mol. The van der Waals surface area contributed by atoms with Crippen LogP contribution in [0.4, 0.5) is 5.82 Å². The summed E-state index contributed by atoms with van der Waals surface area (Å²) in [6.45, 7) is 4.16. The van der Waals surface area contributed by atoms with Gasteiger partial charge in [0.05, 0.1) is 23.1 Å². The van der Waals surface area contributed by atoms with Crippen molar-refractivity contribution in [2.24, 2.45) is 5.92 Å². The lowest BCUT2D eigenvalue weighted by molar-refractivity contribution is -0.139. The number of hydrogen-bond acceptors (Lipinski definition) is 7. The molecule has 10 nitrogen and oxygen atoms in total. The molecule has 1 saturated heterocycles. The van der Waals surface area contributed by atoms with Crippen molar-refractivity contribution >= 4 is 55.3 Å². The third-order valence-corrected chi connectivity index (χ3v) is 8.16. The van der Waals surface area contributed by atoms with Gasteiger partial charge in [-0.25, -0.2) is 23.4 Å². The van der Waals surface area contributed by atoms with Gasteiger partial charge >= 0.3 is 0 Å². The Labute approximate surface area is 207 Å². The van der Waals surface area contributed by atoms with Gasteiger partial charge in [-0.05, 0) is 41.8 Å². The van der Waals surface area contributed by atoms with Crippen molar-refractivity contribution in [3.8, 4) is 0 Å². The van der Waals surface area contributed by atoms with Crippen molar-refractivity contribution in [1.82, 2.24) is 29.1 Å². The Morgan fingerprint density at radius 3 is 2.74 bits per heavy atom. The number of anilines is 1. The van der Waals surface area contributed by atoms with E-state index in [1.54, 1.807) is 23.1 Å². The number of imidazole rings is 1. The number of aromatic nitrogens is 4. The fourth-order valence-corrected chi connectivity index (χ4v) is 5.88. The minimum atomic E-state index is -4.02. The van der Waals surface area contributed by atoms with E-state index in [9.17, 15) is 13.2 Å². The van der Waals surface area contributed by atoms with Crippen LogP contribution in [0.3, 0.4) is 0 Å². The van der Waals surface area contributed by atoms with Crippen LogP contribution in [-0.4, -0.2) is 62.6 Å². The maximum atomic E-state index is 13.4. The number of sulfonamides is 1. The van der Waals surface area contributed by atoms with Crippen LogP contribution >= 0.6 is 11.6 Å². The molecule has 0 bridgehead atoms. The summed E-state index contributed by atoms with van der Waals surface area (Å²) >= 11 is 6.02. The molecule has 4 aromatic rings. The SMILES string of the molecule is CC(C)[C@@H]1CN(S(=O)(=O)c2nc3ccc(Cl)cc3[nH]2)CC(=O)N1Cc1ccc2c(N)ncnc2c1. The first-order chi connectivity index (χ1) is 16.6. The van der Waals surface area contributed by atoms with Gasteiger partial charge in [-0.3, -0.25) is 4.79 Å². The van der Waals surface area contributed by atoms with Crippen LogP contribution in [0.5, 0.6) is 0 Å². The first-order valence-electron chi connectivity index (χ1n) is 11.1. The van der Waals surface area contributed by atoms with E-state index in [-0.39, 0.29) is 36.1 Å². The van der Waals surface area contributed by atoms with E-state index in [1.165, 1.54) is 10.6 Å². The van der Waals surface area contributed by atoms with E-state index >= 15 is 0 Å². The van der Waals surface area contributed by atoms with Gasteiger partial charge in [-0.2, -0.15) is 4.31 Å². The molecule has 182 valence electrons. The monoisotopic (exact) mass is 513 g/mol. The number of fused-ring (bicyclic) bond motifs is 2. The normalized spacial score (nSPS) is 17.7. The quantitative estimate of drug-likeness (QED) is 0.418. The number of rotatable bonds is 5. The number of nitrogens with zero attached hydrogens (tertiary/aromatic N) is 5. The lowest BCUT2D eigenvalue weighted by atomic mass is 9.99. The fourth-order valence-electron chi connectivity index (χ4n) is 4.38. The van der Waals surface area contributed by atoms with Gasteiger partial charge in [-0.1, -0.05) is 31.5 Å². The van der Waals surface area contributed by atoms with Gasteiger partial charge in [0.15, 0.2) is 0 Å². The van der Waals surface area contributed by atoms with Gasteiger partial charge in [0.25, 0.3) is 10.0 Å². The molecule has 3 N–H and O–H groups in total. The van der Waals surface area contributed by atoms with E-state index in [4.69, 9.17) is 17.3 Å². The third kappa shape index (κ3) is 4.30. The minimum absolute atomic E-state index is 0.0184. The standard InChI is InChI=1S/C23H24ClN7O3S/c1-13(2)20-10-30(35(33,34)23-28-17-6-4-15(24)8-19(17)29-23)11-21(32)31(20)9-14-3-5-16-18(7-14)26-12-27-22(16)25/h3-8,12-13,20H,9-11H2,1-2H3,(H,28,29)(H2,25,26,27)/t20-/m0/s1. The summed E-state index contributed by atoms with van der Waals surface area (Å²) in [5, 5.41) is 1.01. The molecular weight excluding hydrogens is 490 g/mol. The predicted molar refractivity (Wildman–Crippen MR) is 133 cm³/mol. The first kappa shape index (κ1) is 23.5. The Balaban J connectivity index is 1.42. The first-order valence-corrected chi connectivity index (χ1v) is 12.9. The van der Waals surface area contributed by atoms with Gasteiger partial charge in [0.2, 0.25) is 11.1 Å². The van der Waals surface area contributed by atoms with Gasteiger partial charge in [0, 0.05) is 29.5 Å². The van der Waals surface area contributed by atoms with Crippen LogP contribution in [0.1, 0.15) is 19.4 Å². The molecule has 35 heavy (non-hydrogen) atoms. The highest BCUT2D eigenvalue weighted by molar-refractivity contribution is 7.89. The van der Waals surface area contributed by atoms with Crippen LogP contribution < -0.4 is 5.73 Å². The number of H-pyrrole nitrogens is 1. The van der Waals surface area contributed by atoms with Gasteiger partial charge in [0.1, 0.15) is 12.1 Å². The molecule has 0 unspecified atom stereocenters. The lowest BCUT2D eigenvalue weighted by Crippen LogP contribution is -2.59. The molecule has 1 atom stereocenters. The highest BCUT2D eigenvalue weighted by Gasteiger charge is 2.40. The molecule has 2 aromatic carbocycles. The number of nitrogens with two attached hydrogens (primary N) is 1. The molecule has 1 aliphatic heterocycles. The molecule has 0 aliphatic carbocycles. The van der Waals surface area contributed by atoms with E-state index in [0.29, 0.717) is 33.9 Å². The molecule has 3 heterocycles. The molecular formula is C23H24ClN7O3S. The zero-order valence-corrected chi connectivity index (χ0v) is 20.7. The number of aromatic amines is 1. The van der Waals surface area contributed by atoms with E-state index in [2.05, 4.69) is 19.9 Å². The summed E-state index contributed by atoms with van der Waals surface area (Å²) in [6.07, 6.45) is 1.40. The highest BCUT2D eigenvalue weighted by atomic mass is 35.5. The zero-order chi connectivity index (χ0) is 24.9. The Morgan fingerprint density at radius 1 is 1.17 bits per heavy atom. The molecule has 1 aliphatic rings. The predicted octanol–water partition coefficient (Wildman–Crippen LogP) is 2.80. The molecule has 0 spiro atoms. The van der Waals surface area contributed by atoms with E-state index in [1.807, 2.05) is 32.0 Å². The number of carbonyl (C=O) groups is 1. The molecule has 1 amide bonds. The smallest absolute Gasteiger partial charge is 0.277 e. The number of nitrogens with one attached hydrogen (secondary N) is 1. The number of amides is 1. The molecule has 2 aromatic heterocycles. The summed E-state index contributed by atoms with van der Waals surface area (Å²) < 4.78 is 28.0. The number of piperazine rings is 1. The molecule has 1 fully saturated rings. The van der Waals surface area contributed by atoms with E-state index < -0.39 is 10.0 Å². The number of halogens is 1. The largest absolute Gasteiger partial charge is 0.383 e. The molecule has 0 saturated carbocycles. The van der Waals surface area contributed by atoms with Crippen LogP contribution in [0, 0.1) is 5.92 Å².